The summed E-state index contributed by atoms with van der Waals surface area (Å²) >= 11 is 5.74. The highest BCUT2D eigenvalue weighted by Crippen LogP contribution is 2.23. The van der Waals surface area contributed by atoms with Gasteiger partial charge in [-0.25, -0.2) is 13.1 Å². The molecule has 0 radical (unpaired) electrons. The second-order valence-corrected chi connectivity index (χ2v) is 9.56. The first-order valence-corrected chi connectivity index (χ1v) is 11.2. The molecule has 1 unspecified atom stereocenters. The predicted octanol–water partition coefficient (Wildman–Crippen LogP) is 2.54. The van der Waals surface area contributed by atoms with Crippen LogP contribution < -0.4 is 0 Å². The van der Waals surface area contributed by atoms with Crippen molar-refractivity contribution in [2.75, 3.05) is 18.6 Å². The number of pyridine rings is 1. The molecule has 146 valence electrons. The van der Waals surface area contributed by atoms with Crippen molar-refractivity contribution >= 4 is 22.1 Å². The highest BCUT2D eigenvalue weighted by Gasteiger charge is 2.31. The largest absolute Gasteiger partial charge is 0.283 e. The summed E-state index contributed by atoms with van der Waals surface area (Å²) in [6.45, 7) is 0.428. The third kappa shape index (κ3) is 3.78. The molecule has 0 aliphatic carbocycles. The Morgan fingerprint density at radius 2 is 1.89 bits per heavy atom. The number of hydrogen-bond acceptors (Lipinski definition) is 6. The standard InChI is InChI=1S/C19H21N5O2S2/c1-22(17-9-12-28(25,26)13-17)14-23-19(27)24(16-5-3-2-4-6-16)18(21-23)15-7-10-20-11-8-15/h2-8,10-11,17H,9,12-14H2,1H3. The highest BCUT2D eigenvalue weighted by molar-refractivity contribution is 7.91. The zero-order valence-electron chi connectivity index (χ0n) is 15.5. The molecule has 2 aromatic heterocycles. The Morgan fingerprint density at radius 1 is 1.18 bits per heavy atom. The summed E-state index contributed by atoms with van der Waals surface area (Å²) in [5.41, 5.74) is 1.84. The Balaban J connectivity index is 1.73. The second kappa shape index (κ2) is 7.57. The number of sulfone groups is 1. The average molecular weight is 416 g/mol. The van der Waals surface area contributed by atoms with Crippen LogP contribution in [-0.4, -0.2) is 57.2 Å². The summed E-state index contributed by atoms with van der Waals surface area (Å²) in [5.74, 6) is 1.16. The molecule has 1 saturated heterocycles. The summed E-state index contributed by atoms with van der Waals surface area (Å²) in [4.78, 5) is 6.09. The molecule has 7 nitrogen and oxygen atoms in total. The second-order valence-electron chi connectivity index (χ2n) is 6.97. The molecule has 1 aliphatic rings. The lowest BCUT2D eigenvalue weighted by Gasteiger charge is -2.22. The van der Waals surface area contributed by atoms with Gasteiger partial charge in [0.25, 0.3) is 0 Å². The molecule has 1 atom stereocenters. The first kappa shape index (κ1) is 19.0. The van der Waals surface area contributed by atoms with Crippen LogP contribution in [0.15, 0.2) is 54.9 Å². The van der Waals surface area contributed by atoms with Gasteiger partial charge in [-0.1, -0.05) is 18.2 Å². The Bertz CT molecular complexity index is 1120. The lowest BCUT2D eigenvalue weighted by Crippen LogP contribution is -2.34. The van der Waals surface area contributed by atoms with Crippen molar-refractivity contribution in [2.45, 2.75) is 19.1 Å². The van der Waals surface area contributed by atoms with Crippen molar-refractivity contribution in [3.8, 4) is 17.1 Å². The van der Waals surface area contributed by atoms with Crippen molar-refractivity contribution in [2.24, 2.45) is 0 Å². The molecule has 1 aliphatic heterocycles. The van der Waals surface area contributed by atoms with E-state index in [1.807, 2.05) is 59.0 Å². The molecule has 0 N–H and O–H groups in total. The zero-order valence-corrected chi connectivity index (χ0v) is 17.1. The molecular formula is C19H21N5O2S2. The minimum Gasteiger partial charge on any atom is -0.283 e. The van der Waals surface area contributed by atoms with E-state index in [0.29, 0.717) is 17.9 Å². The van der Waals surface area contributed by atoms with Gasteiger partial charge in [0, 0.05) is 29.7 Å². The van der Waals surface area contributed by atoms with E-state index in [1.165, 1.54) is 0 Å². The maximum Gasteiger partial charge on any atom is 0.204 e. The molecule has 0 bridgehead atoms. The molecule has 28 heavy (non-hydrogen) atoms. The smallest absolute Gasteiger partial charge is 0.204 e. The fourth-order valence-electron chi connectivity index (χ4n) is 3.45. The quantitative estimate of drug-likeness (QED) is 0.597. The number of hydrogen-bond donors (Lipinski definition) is 0. The Labute approximate surface area is 169 Å². The van der Waals surface area contributed by atoms with E-state index >= 15 is 0 Å². The van der Waals surface area contributed by atoms with Gasteiger partial charge in [0.2, 0.25) is 4.77 Å². The van der Waals surface area contributed by atoms with Gasteiger partial charge >= 0.3 is 0 Å². The van der Waals surface area contributed by atoms with Crippen LogP contribution in [0.1, 0.15) is 6.42 Å². The number of para-hydroxylation sites is 1. The maximum absolute atomic E-state index is 11.8. The molecule has 0 amide bonds. The van der Waals surface area contributed by atoms with Gasteiger partial charge in [-0.2, -0.15) is 0 Å². The fraction of sp³-hybridized carbons (Fsp3) is 0.316. The normalized spacial score (nSPS) is 18.6. The summed E-state index contributed by atoms with van der Waals surface area (Å²) in [7, 11) is -1.02. The molecule has 1 fully saturated rings. The van der Waals surface area contributed by atoms with Crippen LogP contribution in [-0.2, 0) is 16.5 Å². The molecule has 3 aromatic rings. The van der Waals surface area contributed by atoms with E-state index in [9.17, 15) is 8.42 Å². The lowest BCUT2D eigenvalue weighted by atomic mass is 10.2. The van der Waals surface area contributed by atoms with Crippen LogP contribution in [0.4, 0.5) is 0 Å². The van der Waals surface area contributed by atoms with Crippen LogP contribution in [0.2, 0.25) is 0 Å². The predicted molar refractivity (Wildman–Crippen MR) is 110 cm³/mol. The van der Waals surface area contributed by atoms with Crippen molar-refractivity contribution in [1.82, 2.24) is 24.2 Å². The van der Waals surface area contributed by atoms with Gasteiger partial charge in [-0.15, -0.1) is 5.10 Å². The SMILES string of the molecule is CN(Cn1nc(-c2ccncc2)n(-c2ccccc2)c1=S)C1CCS(=O)(=O)C1. The van der Waals surface area contributed by atoms with Crippen molar-refractivity contribution < 1.29 is 8.42 Å². The van der Waals surface area contributed by atoms with E-state index < -0.39 is 9.84 Å². The van der Waals surface area contributed by atoms with Gasteiger partial charge in [0.1, 0.15) is 0 Å². The Kier molecular flexibility index (Phi) is 5.13. The van der Waals surface area contributed by atoms with Crippen molar-refractivity contribution in [3.05, 3.63) is 59.6 Å². The first-order valence-electron chi connectivity index (χ1n) is 9.01. The maximum atomic E-state index is 11.8. The van der Waals surface area contributed by atoms with Crippen LogP contribution in [0.25, 0.3) is 17.1 Å². The van der Waals surface area contributed by atoms with Gasteiger partial charge in [-0.3, -0.25) is 14.5 Å². The number of benzene rings is 1. The number of rotatable bonds is 5. The zero-order chi connectivity index (χ0) is 19.7. The molecule has 1 aromatic carbocycles. The topological polar surface area (TPSA) is 73.0 Å². The van der Waals surface area contributed by atoms with E-state index in [-0.39, 0.29) is 17.5 Å². The number of aromatic nitrogens is 4. The molecular weight excluding hydrogens is 394 g/mol. The monoisotopic (exact) mass is 415 g/mol. The Hall–Kier alpha value is -2.36. The fourth-order valence-corrected chi connectivity index (χ4v) is 5.54. The molecule has 4 rings (SSSR count). The third-order valence-corrected chi connectivity index (χ3v) is 7.12. The van der Waals surface area contributed by atoms with Crippen molar-refractivity contribution in [3.63, 3.8) is 0 Å². The molecule has 3 heterocycles. The Morgan fingerprint density at radius 3 is 2.54 bits per heavy atom. The van der Waals surface area contributed by atoms with Crippen LogP contribution in [0.3, 0.4) is 0 Å². The van der Waals surface area contributed by atoms with Gasteiger partial charge in [-0.05, 0) is 50.0 Å². The highest BCUT2D eigenvalue weighted by atomic mass is 32.2. The summed E-state index contributed by atoms with van der Waals surface area (Å²) in [6, 6.07) is 13.6. The lowest BCUT2D eigenvalue weighted by molar-refractivity contribution is 0.196. The van der Waals surface area contributed by atoms with Gasteiger partial charge < -0.3 is 0 Å². The minimum absolute atomic E-state index is 0.0156. The first-order chi connectivity index (χ1) is 13.4. The van der Waals surface area contributed by atoms with Crippen LogP contribution >= 0.6 is 12.2 Å². The van der Waals surface area contributed by atoms with Crippen LogP contribution in [0.5, 0.6) is 0 Å². The average Bonchev–Trinajstić information content (AvgIpc) is 3.23. The molecule has 0 spiro atoms. The van der Waals surface area contributed by atoms with Gasteiger partial charge in [0.15, 0.2) is 15.7 Å². The molecule has 0 saturated carbocycles. The van der Waals surface area contributed by atoms with E-state index in [0.717, 1.165) is 17.1 Å². The summed E-state index contributed by atoms with van der Waals surface area (Å²) in [5, 5.41) is 4.76. The van der Waals surface area contributed by atoms with Crippen LogP contribution in [0, 0.1) is 4.77 Å². The third-order valence-electron chi connectivity index (χ3n) is 4.98. The van der Waals surface area contributed by atoms with E-state index in [2.05, 4.69) is 4.98 Å². The number of nitrogens with zero attached hydrogens (tertiary/aromatic N) is 5. The minimum atomic E-state index is -2.94. The van der Waals surface area contributed by atoms with Gasteiger partial charge in [0.05, 0.1) is 18.2 Å². The summed E-state index contributed by atoms with van der Waals surface area (Å²) < 4.78 is 27.9. The van der Waals surface area contributed by atoms with Crippen molar-refractivity contribution in [1.29, 1.82) is 0 Å². The van der Waals surface area contributed by atoms with E-state index in [4.69, 9.17) is 17.3 Å². The molecule has 9 heteroatoms. The van der Waals surface area contributed by atoms with E-state index in [1.54, 1.807) is 17.1 Å². The summed E-state index contributed by atoms with van der Waals surface area (Å²) in [6.07, 6.45) is 4.09.